The Bertz CT molecular complexity index is 822. The standard InChI is InChI=1S/C14H13FN4O2/c1-8-17-13(18-21-8)7-16-14(20)12-6-9-5-10(15)3-4-11(9)19(12)2/h3-6H,7H2,1-2H3,(H,16,20). The molecule has 6 nitrogen and oxygen atoms in total. The zero-order valence-corrected chi connectivity index (χ0v) is 11.6. The number of carbonyl (C=O) groups is 1. The van der Waals surface area contributed by atoms with Gasteiger partial charge in [-0.05, 0) is 24.3 Å². The number of rotatable bonds is 3. The molecule has 21 heavy (non-hydrogen) atoms. The van der Waals surface area contributed by atoms with E-state index in [0.717, 1.165) is 5.52 Å². The van der Waals surface area contributed by atoms with E-state index in [0.29, 0.717) is 22.8 Å². The van der Waals surface area contributed by atoms with Crippen molar-refractivity contribution in [2.75, 3.05) is 0 Å². The number of aryl methyl sites for hydroxylation is 2. The van der Waals surface area contributed by atoms with Gasteiger partial charge in [0, 0.05) is 24.9 Å². The van der Waals surface area contributed by atoms with Gasteiger partial charge < -0.3 is 14.4 Å². The number of carbonyl (C=O) groups excluding carboxylic acids is 1. The Morgan fingerprint density at radius 1 is 1.43 bits per heavy atom. The molecule has 0 bridgehead atoms. The fourth-order valence-corrected chi connectivity index (χ4v) is 2.20. The molecule has 0 atom stereocenters. The number of aromatic nitrogens is 3. The average Bonchev–Trinajstić information content (AvgIpc) is 3.00. The summed E-state index contributed by atoms with van der Waals surface area (Å²) in [6.45, 7) is 1.85. The molecule has 0 fully saturated rings. The molecule has 0 radical (unpaired) electrons. The van der Waals surface area contributed by atoms with Gasteiger partial charge in [-0.25, -0.2) is 4.39 Å². The zero-order valence-electron chi connectivity index (χ0n) is 11.6. The van der Waals surface area contributed by atoms with Crippen LogP contribution in [0.2, 0.25) is 0 Å². The lowest BCUT2D eigenvalue weighted by Crippen LogP contribution is -2.25. The Kier molecular flexibility index (Phi) is 3.17. The molecule has 2 heterocycles. The predicted molar refractivity (Wildman–Crippen MR) is 73.1 cm³/mol. The van der Waals surface area contributed by atoms with E-state index in [1.807, 2.05) is 0 Å². The maximum atomic E-state index is 13.2. The number of benzene rings is 1. The second kappa shape index (κ2) is 5.01. The molecule has 7 heteroatoms. The molecule has 0 spiro atoms. The van der Waals surface area contributed by atoms with Crippen LogP contribution in [-0.4, -0.2) is 20.6 Å². The van der Waals surface area contributed by atoms with Gasteiger partial charge in [0.1, 0.15) is 11.5 Å². The van der Waals surface area contributed by atoms with Gasteiger partial charge in [0.05, 0.1) is 6.54 Å². The lowest BCUT2D eigenvalue weighted by molar-refractivity contribution is 0.0942. The molecule has 0 unspecified atom stereocenters. The predicted octanol–water partition coefficient (Wildman–Crippen LogP) is 1.94. The van der Waals surface area contributed by atoms with E-state index < -0.39 is 0 Å². The van der Waals surface area contributed by atoms with Crippen LogP contribution in [0.1, 0.15) is 22.2 Å². The average molecular weight is 288 g/mol. The summed E-state index contributed by atoms with van der Waals surface area (Å²) < 4.78 is 19.8. The lowest BCUT2D eigenvalue weighted by Gasteiger charge is -2.04. The van der Waals surface area contributed by atoms with Gasteiger partial charge in [-0.3, -0.25) is 4.79 Å². The number of nitrogens with one attached hydrogen (secondary N) is 1. The van der Waals surface area contributed by atoms with Gasteiger partial charge >= 0.3 is 0 Å². The molecule has 1 amide bonds. The first-order chi connectivity index (χ1) is 10.0. The number of fused-ring (bicyclic) bond motifs is 1. The molecule has 0 aliphatic carbocycles. The highest BCUT2D eigenvalue weighted by Gasteiger charge is 2.14. The normalized spacial score (nSPS) is 11.0. The Morgan fingerprint density at radius 2 is 2.24 bits per heavy atom. The number of hydrogen-bond acceptors (Lipinski definition) is 4. The van der Waals surface area contributed by atoms with Gasteiger partial charge in [-0.2, -0.15) is 4.98 Å². The summed E-state index contributed by atoms with van der Waals surface area (Å²) in [6.07, 6.45) is 0. The summed E-state index contributed by atoms with van der Waals surface area (Å²) in [7, 11) is 1.76. The maximum Gasteiger partial charge on any atom is 0.268 e. The van der Waals surface area contributed by atoms with Crippen LogP contribution in [0.15, 0.2) is 28.8 Å². The van der Waals surface area contributed by atoms with Crippen LogP contribution in [0.5, 0.6) is 0 Å². The Balaban J connectivity index is 1.82. The number of amides is 1. The van der Waals surface area contributed by atoms with Crippen molar-refractivity contribution in [3.63, 3.8) is 0 Å². The van der Waals surface area contributed by atoms with Crippen molar-refractivity contribution >= 4 is 16.8 Å². The molecule has 1 aromatic carbocycles. The van der Waals surface area contributed by atoms with Gasteiger partial charge in [0.25, 0.3) is 5.91 Å². The van der Waals surface area contributed by atoms with Crippen LogP contribution < -0.4 is 5.32 Å². The molecule has 108 valence electrons. The molecule has 0 aliphatic heterocycles. The zero-order chi connectivity index (χ0) is 15.0. The first kappa shape index (κ1) is 13.3. The summed E-state index contributed by atoms with van der Waals surface area (Å²) in [5, 5.41) is 7.09. The van der Waals surface area contributed by atoms with Crippen molar-refractivity contribution < 1.29 is 13.7 Å². The molecule has 0 saturated carbocycles. The number of nitrogens with zero attached hydrogens (tertiary/aromatic N) is 3. The van der Waals surface area contributed by atoms with Crippen LogP contribution in [0.4, 0.5) is 4.39 Å². The van der Waals surface area contributed by atoms with E-state index in [-0.39, 0.29) is 18.3 Å². The van der Waals surface area contributed by atoms with Gasteiger partial charge in [-0.15, -0.1) is 0 Å². The van der Waals surface area contributed by atoms with E-state index in [1.165, 1.54) is 12.1 Å². The molecule has 1 N–H and O–H groups in total. The maximum absolute atomic E-state index is 13.2. The van der Waals surface area contributed by atoms with Crippen molar-refractivity contribution in [1.29, 1.82) is 0 Å². The third kappa shape index (κ3) is 2.49. The van der Waals surface area contributed by atoms with Crippen molar-refractivity contribution in [3.05, 3.63) is 47.5 Å². The first-order valence-electron chi connectivity index (χ1n) is 6.37. The fraction of sp³-hybridized carbons (Fsp3) is 0.214. The first-order valence-corrected chi connectivity index (χ1v) is 6.37. The van der Waals surface area contributed by atoms with Crippen LogP contribution in [0.25, 0.3) is 10.9 Å². The minimum atomic E-state index is -0.331. The molecule has 3 rings (SSSR count). The monoisotopic (exact) mass is 288 g/mol. The van der Waals surface area contributed by atoms with E-state index in [1.54, 1.807) is 30.7 Å². The highest BCUT2D eigenvalue weighted by atomic mass is 19.1. The van der Waals surface area contributed by atoms with E-state index >= 15 is 0 Å². The summed E-state index contributed by atoms with van der Waals surface area (Å²) in [5.74, 6) is 0.240. The second-order valence-corrected chi connectivity index (χ2v) is 4.70. The summed E-state index contributed by atoms with van der Waals surface area (Å²) in [4.78, 5) is 16.2. The van der Waals surface area contributed by atoms with Gasteiger partial charge in [0.2, 0.25) is 5.89 Å². The SMILES string of the molecule is Cc1nc(CNC(=O)c2cc3cc(F)ccc3n2C)no1. The minimum absolute atomic E-state index is 0.173. The van der Waals surface area contributed by atoms with Crippen LogP contribution in [0.3, 0.4) is 0 Å². The third-order valence-corrected chi connectivity index (χ3v) is 3.21. The second-order valence-electron chi connectivity index (χ2n) is 4.70. The Hall–Kier alpha value is -2.70. The fourth-order valence-electron chi connectivity index (χ4n) is 2.20. The van der Waals surface area contributed by atoms with E-state index in [9.17, 15) is 9.18 Å². The Morgan fingerprint density at radius 3 is 2.95 bits per heavy atom. The minimum Gasteiger partial charge on any atom is -0.343 e. The molecule has 2 aromatic heterocycles. The lowest BCUT2D eigenvalue weighted by atomic mass is 10.2. The molecular weight excluding hydrogens is 275 g/mol. The molecule has 0 aliphatic rings. The summed E-state index contributed by atoms with van der Waals surface area (Å²) >= 11 is 0. The topological polar surface area (TPSA) is 73.0 Å². The van der Waals surface area contributed by atoms with Gasteiger partial charge in [-0.1, -0.05) is 5.16 Å². The molecule has 0 saturated heterocycles. The quantitative estimate of drug-likeness (QED) is 0.799. The van der Waals surface area contributed by atoms with Crippen molar-refractivity contribution in [2.24, 2.45) is 7.05 Å². The van der Waals surface area contributed by atoms with Crippen molar-refractivity contribution in [2.45, 2.75) is 13.5 Å². The van der Waals surface area contributed by atoms with E-state index in [4.69, 9.17) is 4.52 Å². The summed E-state index contributed by atoms with van der Waals surface area (Å²) in [6, 6.07) is 6.06. The molecular formula is C14H13FN4O2. The summed E-state index contributed by atoms with van der Waals surface area (Å²) in [5.41, 5.74) is 1.23. The molecule has 3 aromatic rings. The number of hydrogen-bond donors (Lipinski definition) is 1. The largest absolute Gasteiger partial charge is 0.343 e. The smallest absolute Gasteiger partial charge is 0.268 e. The van der Waals surface area contributed by atoms with Gasteiger partial charge in [0.15, 0.2) is 5.82 Å². The van der Waals surface area contributed by atoms with Crippen molar-refractivity contribution in [3.8, 4) is 0 Å². The van der Waals surface area contributed by atoms with Crippen molar-refractivity contribution in [1.82, 2.24) is 20.0 Å². The third-order valence-electron chi connectivity index (χ3n) is 3.21. The highest BCUT2D eigenvalue weighted by molar-refractivity contribution is 5.98. The Labute approximate surface area is 119 Å². The number of halogens is 1. The highest BCUT2D eigenvalue weighted by Crippen LogP contribution is 2.19. The van der Waals surface area contributed by atoms with Crippen LogP contribution in [0, 0.1) is 12.7 Å². The van der Waals surface area contributed by atoms with E-state index in [2.05, 4.69) is 15.5 Å². The van der Waals surface area contributed by atoms with Crippen LogP contribution >= 0.6 is 0 Å². The van der Waals surface area contributed by atoms with Crippen LogP contribution in [-0.2, 0) is 13.6 Å².